The summed E-state index contributed by atoms with van der Waals surface area (Å²) in [5.41, 5.74) is -1.35. The molecule has 0 amide bonds. The van der Waals surface area contributed by atoms with E-state index in [1.54, 1.807) is 39.8 Å². The second-order valence-electron chi connectivity index (χ2n) is 15.0. The molecular formula is C37H56O15. The van der Waals surface area contributed by atoms with Crippen LogP contribution in [0.3, 0.4) is 0 Å². The number of esters is 1. The van der Waals surface area contributed by atoms with E-state index in [1.807, 2.05) is 20.8 Å². The number of aliphatic hydroxyl groups excluding tert-OH is 2. The first-order valence-corrected chi connectivity index (χ1v) is 18.3. The highest BCUT2D eigenvalue weighted by Crippen LogP contribution is 2.42. The van der Waals surface area contributed by atoms with Crippen molar-refractivity contribution < 1.29 is 72.0 Å². The SMILES string of the molecule is CO[C@@H]1[C@H](O)[C@@H](C)O[C@@H](OC[C@H]2[C@@H]3O[C@H]3/C=C/C(=O)[C@H](C)C[C@H](C)[C@H](O[C@@H]3O[C@H](C)C[C@@]4(OC(=O)O[C@H]4C)[C@H]3O)[C@@H](C)/C=C/C(=O)O[C@@H]2C)[C@@H]1OC. The molecule has 294 valence electrons. The average molecular weight is 741 g/mol. The van der Waals surface area contributed by atoms with Gasteiger partial charge in [0.1, 0.15) is 42.7 Å². The van der Waals surface area contributed by atoms with Crippen molar-refractivity contribution in [1.29, 1.82) is 0 Å². The largest absolute Gasteiger partial charge is 0.509 e. The third-order valence-electron chi connectivity index (χ3n) is 11.2. The van der Waals surface area contributed by atoms with E-state index in [0.717, 1.165) is 0 Å². The number of rotatable bonds is 7. The quantitative estimate of drug-likeness (QED) is 0.286. The molecule has 5 rings (SSSR count). The summed E-state index contributed by atoms with van der Waals surface area (Å²) >= 11 is 0. The second-order valence-corrected chi connectivity index (χ2v) is 15.0. The Labute approximate surface area is 305 Å². The molecule has 15 nitrogen and oxygen atoms in total. The molecule has 2 N–H and O–H groups in total. The molecule has 5 aliphatic rings. The lowest BCUT2D eigenvalue weighted by atomic mass is 9.82. The monoisotopic (exact) mass is 740 g/mol. The van der Waals surface area contributed by atoms with Crippen LogP contribution < -0.4 is 0 Å². The molecule has 4 saturated heterocycles. The predicted octanol–water partition coefficient (Wildman–Crippen LogP) is 2.62. The number of ketones is 1. The molecule has 4 fully saturated rings. The van der Waals surface area contributed by atoms with Gasteiger partial charge in [0, 0.05) is 44.5 Å². The summed E-state index contributed by atoms with van der Waals surface area (Å²) in [7, 11) is 2.96. The summed E-state index contributed by atoms with van der Waals surface area (Å²) in [6.07, 6.45) is -3.65. The zero-order valence-electron chi connectivity index (χ0n) is 31.4. The molecule has 0 saturated carbocycles. The van der Waals surface area contributed by atoms with Gasteiger partial charge in [0.2, 0.25) is 0 Å². The lowest BCUT2D eigenvalue weighted by Crippen LogP contribution is -2.62. The van der Waals surface area contributed by atoms with E-state index in [0.29, 0.717) is 6.42 Å². The van der Waals surface area contributed by atoms with Crippen LogP contribution in [0, 0.1) is 23.7 Å². The highest BCUT2D eigenvalue weighted by Gasteiger charge is 2.61. The van der Waals surface area contributed by atoms with Crippen molar-refractivity contribution in [2.45, 2.75) is 147 Å². The number of aliphatic hydroxyl groups is 2. The van der Waals surface area contributed by atoms with Gasteiger partial charge in [-0.05, 0) is 52.2 Å². The molecule has 52 heavy (non-hydrogen) atoms. The van der Waals surface area contributed by atoms with E-state index in [-0.39, 0.29) is 24.7 Å². The number of cyclic esters (lactones) is 2. The number of methoxy groups -OCH3 is 2. The predicted molar refractivity (Wildman–Crippen MR) is 181 cm³/mol. The van der Waals surface area contributed by atoms with Gasteiger partial charge in [-0.2, -0.15) is 0 Å². The molecule has 15 heteroatoms. The molecular weight excluding hydrogens is 684 g/mol. The summed E-state index contributed by atoms with van der Waals surface area (Å²) in [5.74, 6) is -2.20. The number of hydrogen-bond donors (Lipinski definition) is 2. The van der Waals surface area contributed by atoms with E-state index in [9.17, 15) is 24.6 Å². The fourth-order valence-electron chi connectivity index (χ4n) is 7.99. The molecule has 5 heterocycles. The molecule has 0 aromatic rings. The minimum atomic E-state index is -1.36. The van der Waals surface area contributed by atoms with Gasteiger partial charge < -0.3 is 57.6 Å². The summed E-state index contributed by atoms with van der Waals surface area (Å²) in [5, 5.41) is 22.0. The van der Waals surface area contributed by atoms with Gasteiger partial charge in [0.05, 0.1) is 31.0 Å². The van der Waals surface area contributed by atoms with E-state index < -0.39 is 115 Å². The number of carbonyl (C=O) groups is 3. The Bertz CT molecular complexity index is 1320. The van der Waals surface area contributed by atoms with Crippen LogP contribution in [-0.2, 0) is 57.0 Å². The van der Waals surface area contributed by atoms with Gasteiger partial charge in [-0.1, -0.05) is 26.8 Å². The first-order valence-electron chi connectivity index (χ1n) is 18.3. The highest BCUT2D eigenvalue weighted by atomic mass is 16.8. The van der Waals surface area contributed by atoms with Crippen molar-refractivity contribution in [1.82, 2.24) is 0 Å². The zero-order valence-corrected chi connectivity index (χ0v) is 31.4. The molecule has 0 radical (unpaired) electrons. The van der Waals surface area contributed by atoms with Crippen molar-refractivity contribution in [3.63, 3.8) is 0 Å². The summed E-state index contributed by atoms with van der Waals surface area (Å²) in [4.78, 5) is 38.7. The highest BCUT2D eigenvalue weighted by molar-refractivity contribution is 5.91. The minimum absolute atomic E-state index is 0.0493. The average Bonchev–Trinajstić information content (AvgIpc) is 3.79. The van der Waals surface area contributed by atoms with Gasteiger partial charge in [-0.15, -0.1) is 0 Å². The van der Waals surface area contributed by atoms with Crippen LogP contribution in [0.25, 0.3) is 0 Å². The zero-order chi connectivity index (χ0) is 38.1. The van der Waals surface area contributed by atoms with Gasteiger partial charge in [-0.25, -0.2) is 9.59 Å². The maximum Gasteiger partial charge on any atom is 0.509 e. The molecule has 1 spiro atoms. The summed E-state index contributed by atoms with van der Waals surface area (Å²) < 4.78 is 58.3. The molecule has 0 aromatic carbocycles. The minimum Gasteiger partial charge on any atom is -0.459 e. The van der Waals surface area contributed by atoms with Gasteiger partial charge >= 0.3 is 12.1 Å². The Balaban J connectivity index is 1.34. The van der Waals surface area contributed by atoms with Crippen LogP contribution in [0.15, 0.2) is 24.3 Å². The summed E-state index contributed by atoms with van der Waals surface area (Å²) in [6.45, 7) is 12.6. The van der Waals surface area contributed by atoms with Crippen LogP contribution in [-0.4, -0.2) is 134 Å². The molecule has 0 aliphatic carbocycles. The Kier molecular flexibility index (Phi) is 13.2. The van der Waals surface area contributed by atoms with Crippen LogP contribution >= 0.6 is 0 Å². The molecule has 5 aliphatic heterocycles. The van der Waals surface area contributed by atoms with Crippen LogP contribution in [0.5, 0.6) is 0 Å². The number of epoxide rings is 1. The van der Waals surface area contributed by atoms with Crippen molar-refractivity contribution >= 4 is 17.9 Å². The number of carbonyl (C=O) groups excluding carboxylic acids is 3. The standard InChI is InChI=1S/C37H56O15/c1-17-10-13-27(39)47-21(5)24(16-45-34-32(44-9)31(43-8)28(40)22(6)48-34)30-26(50-30)12-11-25(38)18(2)14-19(3)29(17)51-35-33(41)37(15-20(4)46-35)23(7)49-36(42)52-37/h10-13,17-24,26,28-35,40-41H,14-16H2,1-9H3/b12-11+,13-10+/t17-,18+,19-,20+,21+,22+,23-,24+,26-,28+,29+,30-,31+,32+,33-,34+,35-,37-/m0/s1. The number of ether oxygens (including phenoxy) is 10. The Morgan fingerprint density at radius 3 is 2.19 bits per heavy atom. The second kappa shape index (κ2) is 16.9. The first kappa shape index (κ1) is 40.7. The summed E-state index contributed by atoms with van der Waals surface area (Å²) in [6, 6.07) is 0. The third-order valence-corrected chi connectivity index (χ3v) is 11.2. The van der Waals surface area contributed by atoms with Crippen LogP contribution in [0.2, 0.25) is 0 Å². The molecule has 18 atom stereocenters. The first-order chi connectivity index (χ1) is 24.6. The van der Waals surface area contributed by atoms with E-state index in [4.69, 9.17) is 47.4 Å². The number of hydrogen-bond acceptors (Lipinski definition) is 15. The van der Waals surface area contributed by atoms with Gasteiger partial charge in [0.15, 0.2) is 24.0 Å². The lowest BCUT2D eigenvalue weighted by Gasteiger charge is -2.46. The molecule has 0 unspecified atom stereocenters. The Morgan fingerprint density at radius 1 is 0.827 bits per heavy atom. The fraction of sp³-hybridized carbons (Fsp3) is 0.811. The topological polar surface area (TPSA) is 187 Å². The van der Waals surface area contributed by atoms with E-state index in [2.05, 4.69) is 0 Å². The van der Waals surface area contributed by atoms with Crippen molar-refractivity contribution in [2.24, 2.45) is 23.7 Å². The maximum absolute atomic E-state index is 13.4. The lowest BCUT2D eigenvalue weighted by molar-refractivity contribution is -0.308. The van der Waals surface area contributed by atoms with Crippen LogP contribution in [0.1, 0.15) is 61.3 Å². The van der Waals surface area contributed by atoms with Gasteiger partial charge in [-0.3, -0.25) is 4.79 Å². The number of fused-ring (bicyclic) bond motifs is 1. The van der Waals surface area contributed by atoms with E-state index in [1.165, 1.54) is 26.4 Å². The Hall–Kier alpha value is -2.47. The van der Waals surface area contributed by atoms with Crippen molar-refractivity contribution in [3.8, 4) is 0 Å². The third kappa shape index (κ3) is 8.74. The van der Waals surface area contributed by atoms with Gasteiger partial charge in [0.25, 0.3) is 0 Å². The van der Waals surface area contributed by atoms with Crippen molar-refractivity contribution in [3.05, 3.63) is 24.3 Å². The Morgan fingerprint density at radius 2 is 1.54 bits per heavy atom. The number of allylic oxidation sites excluding steroid dienone is 1. The fourth-order valence-corrected chi connectivity index (χ4v) is 7.99. The normalized spacial score (nSPS) is 48.7. The maximum atomic E-state index is 13.4. The van der Waals surface area contributed by atoms with Crippen molar-refractivity contribution in [2.75, 3.05) is 20.8 Å². The molecule has 0 bridgehead atoms. The smallest absolute Gasteiger partial charge is 0.459 e. The van der Waals surface area contributed by atoms with E-state index >= 15 is 0 Å². The molecule has 0 aromatic heterocycles. The van der Waals surface area contributed by atoms with Crippen LogP contribution in [0.4, 0.5) is 4.79 Å².